The maximum Gasteiger partial charge on any atom is 0.254 e. The lowest BCUT2D eigenvalue weighted by Gasteiger charge is -2.24. The second-order valence-electron chi connectivity index (χ2n) is 4.85. The van der Waals surface area contributed by atoms with E-state index in [1.54, 1.807) is 0 Å². The number of carbonyl (C=O) groups excluding carboxylic acids is 1. The molecule has 0 N–H and O–H groups in total. The standard InChI is InChI=1S/C14H19F3N2O/c1-4-5-19(7-6-18(2)3)14(20)10-8-11(15)13(17)12(16)9-10/h8-9H,4-7H2,1-3H3. The molecule has 0 aliphatic rings. The van der Waals surface area contributed by atoms with Gasteiger partial charge in [0, 0.05) is 25.2 Å². The predicted octanol–water partition coefficient (Wildman–Crippen LogP) is 2.52. The molecule has 0 saturated carbocycles. The van der Waals surface area contributed by atoms with Crippen LogP contribution in [0.15, 0.2) is 12.1 Å². The van der Waals surface area contributed by atoms with E-state index in [1.165, 1.54) is 4.90 Å². The smallest absolute Gasteiger partial charge is 0.254 e. The highest BCUT2D eigenvalue weighted by Gasteiger charge is 2.19. The van der Waals surface area contributed by atoms with Crippen LogP contribution in [0, 0.1) is 17.5 Å². The van der Waals surface area contributed by atoms with Gasteiger partial charge in [0.05, 0.1) is 0 Å². The van der Waals surface area contributed by atoms with Crippen LogP contribution in [-0.2, 0) is 0 Å². The molecule has 1 aromatic carbocycles. The van der Waals surface area contributed by atoms with Crippen LogP contribution in [0.5, 0.6) is 0 Å². The highest BCUT2D eigenvalue weighted by molar-refractivity contribution is 5.94. The molecule has 1 amide bonds. The average molecular weight is 288 g/mol. The van der Waals surface area contributed by atoms with Crippen molar-refractivity contribution in [2.45, 2.75) is 13.3 Å². The number of halogens is 3. The number of hydrogen-bond donors (Lipinski definition) is 0. The minimum atomic E-state index is -1.56. The molecule has 0 fully saturated rings. The van der Waals surface area contributed by atoms with E-state index in [-0.39, 0.29) is 5.56 Å². The molecule has 0 unspecified atom stereocenters. The van der Waals surface area contributed by atoms with E-state index in [9.17, 15) is 18.0 Å². The summed E-state index contributed by atoms with van der Waals surface area (Å²) in [6.45, 7) is 3.47. The molecule has 0 heterocycles. The van der Waals surface area contributed by atoms with Gasteiger partial charge in [-0.15, -0.1) is 0 Å². The molecule has 1 rings (SSSR count). The molecule has 0 atom stereocenters. The van der Waals surface area contributed by atoms with Crippen molar-refractivity contribution in [2.24, 2.45) is 0 Å². The van der Waals surface area contributed by atoms with Gasteiger partial charge in [-0.2, -0.15) is 0 Å². The molecule has 112 valence electrons. The number of likely N-dealkylation sites (N-methyl/N-ethyl adjacent to an activating group) is 1. The van der Waals surface area contributed by atoms with Gasteiger partial charge in [0.2, 0.25) is 0 Å². The fourth-order valence-electron chi connectivity index (χ4n) is 1.77. The van der Waals surface area contributed by atoms with E-state index >= 15 is 0 Å². The summed E-state index contributed by atoms with van der Waals surface area (Å²) in [5.41, 5.74) is -0.173. The van der Waals surface area contributed by atoms with Crippen molar-refractivity contribution >= 4 is 5.91 Å². The van der Waals surface area contributed by atoms with E-state index in [0.29, 0.717) is 19.6 Å². The van der Waals surface area contributed by atoms with E-state index in [0.717, 1.165) is 18.6 Å². The van der Waals surface area contributed by atoms with E-state index in [4.69, 9.17) is 0 Å². The lowest BCUT2D eigenvalue weighted by molar-refractivity contribution is 0.0743. The zero-order valence-corrected chi connectivity index (χ0v) is 11.9. The summed E-state index contributed by atoms with van der Waals surface area (Å²) in [6, 6.07) is 1.47. The number of amides is 1. The van der Waals surface area contributed by atoms with Crippen LogP contribution in [0.2, 0.25) is 0 Å². The van der Waals surface area contributed by atoms with Gasteiger partial charge < -0.3 is 9.80 Å². The van der Waals surface area contributed by atoms with E-state index in [2.05, 4.69) is 0 Å². The summed E-state index contributed by atoms with van der Waals surface area (Å²) in [5, 5.41) is 0. The van der Waals surface area contributed by atoms with Gasteiger partial charge in [-0.3, -0.25) is 4.79 Å². The third kappa shape index (κ3) is 4.23. The summed E-state index contributed by atoms with van der Waals surface area (Å²) in [4.78, 5) is 15.6. The maximum atomic E-state index is 13.2. The molecule has 3 nitrogen and oxygen atoms in total. The minimum absolute atomic E-state index is 0.173. The van der Waals surface area contributed by atoms with Gasteiger partial charge in [-0.05, 0) is 32.6 Å². The van der Waals surface area contributed by atoms with Gasteiger partial charge >= 0.3 is 0 Å². The Kier molecular flexibility index (Phi) is 6.01. The summed E-state index contributed by atoms with van der Waals surface area (Å²) in [6.07, 6.45) is 0.728. The quantitative estimate of drug-likeness (QED) is 0.751. The number of carbonyl (C=O) groups is 1. The molecule has 0 radical (unpaired) electrons. The monoisotopic (exact) mass is 288 g/mol. The molecular weight excluding hydrogens is 269 g/mol. The molecule has 20 heavy (non-hydrogen) atoms. The summed E-state index contributed by atoms with van der Waals surface area (Å²) >= 11 is 0. The zero-order chi connectivity index (χ0) is 15.3. The maximum absolute atomic E-state index is 13.2. The largest absolute Gasteiger partial charge is 0.337 e. The number of hydrogen-bond acceptors (Lipinski definition) is 2. The second kappa shape index (κ2) is 7.28. The fourth-order valence-corrected chi connectivity index (χ4v) is 1.77. The summed E-state index contributed by atoms with van der Waals surface area (Å²) in [5.74, 6) is -4.75. The Morgan fingerprint density at radius 1 is 1.05 bits per heavy atom. The van der Waals surface area contributed by atoms with Gasteiger partial charge in [-0.25, -0.2) is 13.2 Å². The molecule has 0 aromatic heterocycles. The van der Waals surface area contributed by atoms with Crippen LogP contribution in [0.4, 0.5) is 13.2 Å². The molecule has 0 bridgehead atoms. The highest BCUT2D eigenvalue weighted by Crippen LogP contribution is 2.15. The molecule has 0 aliphatic heterocycles. The van der Waals surface area contributed by atoms with Crippen molar-refractivity contribution < 1.29 is 18.0 Å². The number of nitrogens with zero attached hydrogens (tertiary/aromatic N) is 2. The van der Waals surface area contributed by atoms with Crippen LogP contribution in [-0.4, -0.2) is 49.4 Å². The third-order valence-electron chi connectivity index (χ3n) is 2.83. The first-order valence-electron chi connectivity index (χ1n) is 6.45. The van der Waals surface area contributed by atoms with Crippen molar-refractivity contribution in [1.82, 2.24) is 9.80 Å². The first-order valence-corrected chi connectivity index (χ1v) is 6.45. The van der Waals surface area contributed by atoms with E-state index < -0.39 is 23.4 Å². The van der Waals surface area contributed by atoms with Gasteiger partial charge in [0.1, 0.15) is 0 Å². The van der Waals surface area contributed by atoms with Gasteiger partial charge in [0.25, 0.3) is 5.91 Å². The Balaban J connectivity index is 2.94. The molecule has 1 aromatic rings. The molecule has 0 spiro atoms. The van der Waals surface area contributed by atoms with Crippen molar-refractivity contribution in [3.63, 3.8) is 0 Å². The number of rotatable bonds is 6. The van der Waals surface area contributed by atoms with Crippen molar-refractivity contribution in [1.29, 1.82) is 0 Å². The summed E-state index contributed by atoms with van der Waals surface area (Å²) in [7, 11) is 3.73. The van der Waals surface area contributed by atoms with Crippen molar-refractivity contribution in [2.75, 3.05) is 33.7 Å². The van der Waals surface area contributed by atoms with Gasteiger partial charge in [0.15, 0.2) is 17.5 Å². The fraction of sp³-hybridized carbons (Fsp3) is 0.500. The Morgan fingerprint density at radius 3 is 2.05 bits per heavy atom. The Labute approximate surface area is 117 Å². The lowest BCUT2D eigenvalue weighted by Crippen LogP contribution is -2.37. The first-order chi connectivity index (χ1) is 9.36. The third-order valence-corrected chi connectivity index (χ3v) is 2.83. The topological polar surface area (TPSA) is 23.6 Å². The zero-order valence-electron chi connectivity index (χ0n) is 11.9. The van der Waals surface area contributed by atoms with Crippen LogP contribution in [0.3, 0.4) is 0 Å². The van der Waals surface area contributed by atoms with Crippen LogP contribution in [0.1, 0.15) is 23.7 Å². The van der Waals surface area contributed by atoms with Crippen LogP contribution >= 0.6 is 0 Å². The highest BCUT2D eigenvalue weighted by atomic mass is 19.2. The minimum Gasteiger partial charge on any atom is -0.337 e. The Morgan fingerprint density at radius 2 is 1.60 bits per heavy atom. The first kappa shape index (κ1) is 16.5. The molecule has 6 heteroatoms. The summed E-state index contributed by atoms with van der Waals surface area (Å²) < 4.78 is 39.2. The Hall–Kier alpha value is -1.56. The lowest BCUT2D eigenvalue weighted by atomic mass is 10.1. The normalized spacial score (nSPS) is 10.9. The molecule has 0 saturated heterocycles. The average Bonchev–Trinajstić information content (AvgIpc) is 2.39. The molecule has 0 aliphatic carbocycles. The van der Waals surface area contributed by atoms with Crippen LogP contribution in [0.25, 0.3) is 0 Å². The van der Waals surface area contributed by atoms with Crippen molar-refractivity contribution in [3.8, 4) is 0 Å². The SMILES string of the molecule is CCCN(CCN(C)C)C(=O)c1cc(F)c(F)c(F)c1. The predicted molar refractivity (Wildman–Crippen MR) is 71.1 cm³/mol. The van der Waals surface area contributed by atoms with Crippen molar-refractivity contribution in [3.05, 3.63) is 35.1 Å². The molecular formula is C14H19F3N2O. The van der Waals surface area contributed by atoms with Gasteiger partial charge in [-0.1, -0.05) is 6.92 Å². The Bertz CT molecular complexity index is 454. The van der Waals surface area contributed by atoms with E-state index in [1.807, 2.05) is 25.9 Å². The van der Waals surface area contributed by atoms with Crippen LogP contribution < -0.4 is 0 Å². The number of benzene rings is 1. The second-order valence-corrected chi connectivity index (χ2v) is 4.85.